The molecule has 1 aliphatic rings. The third-order valence-electron chi connectivity index (χ3n) is 4.17. The van der Waals surface area contributed by atoms with Crippen LogP contribution in [-0.2, 0) is 6.42 Å². The maximum atomic E-state index is 12.7. The van der Waals surface area contributed by atoms with Crippen LogP contribution in [0.4, 0.5) is 0 Å². The number of fused-ring (bicyclic) bond motifs is 2. The molecular weight excluding hydrogens is 282 g/mol. The molecule has 4 rings (SSSR count). The molecule has 3 aromatic rings. The lowest BCUT2D eigenvalue weighted by Gasteiger charge is -2.33. The second-order valence-electron chi connectivity index (χ2n) is 5.37. The van der Waals surface area contributed by atoms with Gasteiger partial charge in [-0.05, 0) is 42.5 Å². The van der Waals surface area contributed by atoms with Gasteiger partial charge in [0.1, 0.15) is 5.58 Å². The van der Waals surface area contributed by atoms with Crippen molar-refractivity contribution in [1.82, 2.24) is 4.90 Å². The van der Waals surface area contributed by atoms with Crippen LogP contribution in [0.2, 0.25) is 0 Å². The molecule has 0 N–H and O–H groups in total. The summed E-state index contributed by atoms with van der Waals surface area (Å²) >= 11 is 1.78. The van der Waals surface area contributed by atoms with E-state index in [1.165, 1.54) is 10.4 Å². The highest BCUT2D eigenvalue weighted by Crippen LogP contribution is 2.34. The summed E-state index contributed by atoms with van der Waals surface area (Å²) in [4.78, 5) is 16.1. The first-order chi connectivity index (χ1) is 10.2. The van der Waals surface area contributed by atoms with Crippen LogP contribution in [0.5, 0.6) is 0 Å². The highest BCUT2D eigenvalue weighted by Gasteiger charge is 2.30. The van der Waals surface area contributed by atoms with Crippen molar-refractivity contribution in [2.75, 3.05) is 6.54 Å². The number of rotatable bonds is 1. The molecule has 0 saturated carbocycles. The third-order valence-corrected chi connectivity index (χ3v) is 5.17. The Bertz CT molecular complexity index is 784. The fourth-order valence-corrected chi connectivity index (χ4v) is 3.98. The normalized spacial score (nSPS) is 18.0. The summed E-state index contributed by atoms with van der Waals surface area (Å²) in [5.74, 6) is 0.414. The molecule has 1 aliphatic heterocycles. The van der Waals surface area contributed by atoms with Gasteiger partial charge in [-0.3, -0.25) is 4.79 Å². The fraction of sp³-hybridized carbons (Fsp3) is 0.235. The van der Waals surface area contributed by atoms with E-state index >= 15 is 0 Å². The Balaban J connectivity index is 1.69. The standard InChI is InChI=1S/C17H15NO2S/c1-11-13-7-9-21-16(13)6-8-18(11)17(19)15-10-12-4-2-3-5-14(12)20-15/h2-5,7,9-11H,6,8H2,1H3/t11-/m1/s1. The molecule has 0 unspecified atom stereocenters. The molecule has 106 valence electrons. The molecule has 0 radical (unpaired) electrons. The van der Waals surface area contributed by atoms with E-state index in [4.69, 9.17) is 4.42 Å². The smallest absolute Gasteiger partial charge is 0.290 e. The molecule has 3 heterocycles. The van der Waals surface area contributed by atoms with Crippen LogP contribution < -0.4 is 0 Å². The predicted molar refractivity (Wildman–Crippen MR) is 83.7 cm³/mol. The van der Waals surface area contributed by atoms with Crippen molar-refractivity contribution >= 4 is 28.2 Å². The second kappa shape index (κ2) is 4.74. The molecule has 3 nitrogen and oxygen atoms in total. The highest BCUT2D eigenvalue weighted by atomic mass is 32.1. The van der Waals surface area contributed by atoms with E-state index in [0.29, 0.717) is 5.76 Å². The van der Waals surface area contributed by atoms with Gasteiger partial charge >= 0.3 is 0 Å². The highest BCUT2D eigenvalue weighted by molar-refractivity contribution is 7.10. The topological polar surface area (TPSA) is 33.5 Å². The SMILES string of the molecule is C[C@@H]1c2ccsc2CCN1C(=O)c1cc2ccccc2o1. The van der Waals surface area contributed by atoms with Crippen molar-refractivity contribution in [2.45, 2.75) is 19.4 Å². The minimum atomic E-state index is -0.0180. The van der Waals surface area contributed by atoms with Gasteiger partial charge in [-0.15, -0.1) is 11.3 Å². The summed E-state index contributed by atoms with van der Waals surface area (Å²) in [6.45, 7) is 2.84. The van der Waals surface area contributed by atoms with Crippen LogP contribution in [0.25, 0.3) is 11.0 Å². The molecule has 0 bridgehead atoms. The molecule has 2 aromatic heterocycles. The summed E-state index contributed by atoms with van der Waals surface area (Å²) < 4.78 is 5.71. The van der Waals surface area contributed by atoms with Crippen LogP contribution in [0.15, 0.2) is 46.2 Å². The van der Waals surface area contributed by atoms with E-state index in [2.05, 4.69) is 18.4 Å². The number of carbonyl (C=O) groups is 1. The first kappa shape index (κ1) is 12.7. The van der Waals surface area contributed by atoms with E-state index in [0.717, 1.165) is 23.9 Å². The van der Waals surface area contributed by atoms with E-state index in [-0.39, 0.29) is 11.9 Å². The molecule has 1 atom stereocenters. The molecular formula is C17H15NO2S. The van der Waals surface area contributed by atoms with Gasteiger partial charge in [0.2, 0.25) is 0 Å². The average Bonchev–Trinajstić information content (AvgIpc) is 3.13. The van der Waals surface area contributed by atoms with Gasteiger partial charge in [0.15, 0.2) is 5.76 Å². The van der Waals surface area contributed by atoms with Crippen molar-refractivity contribution in [3.63, 3.8) is 0 Å². The minimum Gasteiger partial charge on any atom is -0.451 e. The summed E-state index contributed by atoms with van der Waals surface area (Å²) in [6, 6.07) is 11.8. The van der Waals surface area contributed by atoms with Gasteiger partial charge in [-0.2, -0.15) is 0 Å². The van der Waals surface area contributed by atoms with Crippen molar-refractivity contribution in [3.05, 3.63) is 58.0 Å². The molecule has 4 heteroatoms. The van der Waals surface area contributed by atoms with Gasteiger partial charge < -0.3 is 9.32 Å². The number of carbonyl (C=O) groups excluding carboxylic acids is 1. The number of hydrogen-bond donors (Lipinski definition) is 0. The largest absolute Gasteiger partial charge is 0.451 e. The van der Waals surface area contributed by atoms with Crippen molar-refractivity contribution in [2.24, 2.45) is 0 Å². The van der Waals surface area contributed by atoms with Gasteiger partial charge in [0, 0.05) is 16.8 Å². The maximum absolute atomic E-state index is 12.7. The number of thiophene rings is 1. The number of furan rings is 1. The zero-order chi connectivity index (χ0) is 14.4. The van der Waals surface area contributed by atoms with Crippen molar-refractivity contribution in [3.8, 4) is 0 Å². The molecule has 1 amide bonds. The van der Waals surface area contributed by atoms with Crippen LogP contribution >= 0.6 is 11.3 Å². The lowest BCUT2D eigenvalue weighted by atomic mass is 10.0. The van der Waals surface area contributed by atoms with Gasteiger partial charge in [-0.1, -0.05) is 18.2 Å². The molecule has 0 saturated heterocycles. The average molecular weight is 297 g/mol. The van der Waals surface area contributed by atoms with E-state index in [1.54, 1.807) is 11.3 Å². The molecule has 0 spiro atoms. The summed E-state index contributed by atoms with van der Waals surface area (Å²) in [5.41, 5.74) is 2.04. The Morgan fingerprint density at radius 1 is 1.33 bits per heavy atom. The molecule has 0 fully saturated rings. The Labute approximate surface area is 126 Å². The summed E-state index contributed by atoms with van der Waals surface area (Å²) in [7, 11) is 0. The van der Waals surface area contributed by atoms with Gasteiger partial charge in [-0.25, -0.2) is 0 Å². The predicted octanol–water partition coefficient (Wildman–Crippen LogP) is 4.25. The second-order valence-corrected chi connectivity index (χ2v) is 6.37. The minimum absolute atomic E-state index is 0.0180. The monoisotopic (exact) mass is 297 g/mol. The number of para-hydroxylation sites is 1. The lowest BCUT2D eigenvalue weighted by Crippen LogP contribution is -2.38. The Hall–Kier alpha value is -2.07. The molecule has 1 aromatic carbocycles. The van der Waals surface area contributed by atoms with Crippen LogP contribution in [0.1, 0.15) is 34.0 Å². The van der Waals surface area contributed by atoms with Crippen molar-refractivity contribution in [1.29, 1.82) is 0 Å². The fourth-order valence-electron chi connectivity index (χ4n) is 3.02. The number of amides is 1. The van der Waals surface area contributed by atoms with Crippen LogP contribution in [0.3, 0.4) is 0 Å². The Kier molecular flexibility index (Phi) is 2.86. The first-order valence-electron chi connectivity index (χ1n) is 7.10. The number of benzene rings is 1. The summed E-state index contributed by atoms with van der Waals surface area (Å²) in [6.07, 6.45) is 0.934. The van der Waals surface area contributed by atoms with Gasteiger partial charge in [0.05, 0.1) is 6.04 Å². The lowest BCUT2D eigenvalue weighted by molar-refractivity contribution is 0.0649. The Morgan fingerprint density at radius 3 is 3.05 bits per heavy atom. The number of hydrogen-bond acceptors (Lipinski definition) is 3. The Morgan fingerprint density at radius 2 is 2.19 bits per heavy atom. The summed E-state index contributed by atoms with van der Waals surface area (Å²) in [5, 5.41) is 3.08. The van der Waals surface area contributed by atoms with E-state index < -0.39 is 0 Å². The van der Waals surface area contributed by atoms with Gasteiger partial charge in [0.25, 0.3) is 5.91 Å². The first-order valence-corrected chi connectivity index (χ1v) is 7.98. The van der Waals surface area contributed by atoms with E-state index in [1.807, 2.05) is 35.2 Å². The third kappa shape index (κ3) is 1.98. The number of nitrogens with zero attached hydrogens (tertiary/aromatic N) is 1. The van der Waals surface area contributed by atoms with E-state index in [9.17, 15) is 4.79 Å². The maximum Gasteiger partial charge on any atom is 0.290 e. The zero-order valence-corrected chi connectivity index (χ0v) is 12.5. The van der Waals surface area contributed by atoms with Crippen LogP contribution in [0, 0.1) is 0 Å². The molecule has 0 aliphatic carbocycles. The van der Waals surface area contributed by atoms with Crippen molar-refractivity contribution < 1.29 is 9.21 Å². The zero-order valence-electron chi connectivity index (χ0n) is 11.7. The quantitative estimate of drug-likeness (QED) is 0.672. The molecule has 21 heavy (non-hydrogen) atoms. The van der Waals surface area contributed by atoms with Crippen LogP contribution in [-0.4, -0.2) is 17.4 Å².